The molecule has 0 saturated carbocycles. The lowest BCUT2D eigenvalue weighted by molar-refractivity contribution is -0.142. The van der Waals surface area contributed by atoms with E-state index in [2.05, 4.69) is 5.32 Å². The first-order chi connectivity index (χ1) is 7.25. The first-order valence-electron chi connectivity index (χ1n) is 5.05. The van der Waals surface area contributed by atoms with Crippen molar-refractivity contribution >= 4 is 17.7 Å². The van der Waals surface area contributed by atoms with E-state index in [1.165, 1.54) is 6.92 Å². The molecule has 1 amide bonds. The molecule has 6 heteroatoms. The number of rotatable bonds is 6. The van der Waals surface area contributed by atoms with Gasteiger partial charge in [-0.25, -0.2) is 4.79 Å². The maximum Gasteiger partial charge on any atom is 0.326 e. The fourth-order valence-corrected chi connectivity index (χ4v) is 0.980. The number of Topliss-reactive ketones (excluding diaryl/α,β-unsaturated/α-hetero) is 1. The minimum absolute atomic E-state index is 0.0941. The van der Waals surface area contributed by atoms with Crippen LogP contribution in [0.15, 0.2) is 0 Å². The van der Waals surface area contributed by atoms with Crippen molar-refractivity contribution in [3.8, 4) is 0 Å². The first kappa shape index (κ1) is 14.6. The summed E-state index contributed by atoms with van der Waals surface area (Å²) in [6.45, 7) is 4.59. The smallest absolute Gasteiger partial charge is 0.326 e. The highest BCUT2D eigenvalue weighted by Gasteiger charge is 2.25. The maximum absolute atomic E-state index is 11.3. The molecule has 0 saturated heterocycles. The third-order valence-corrected chi connectivity index (χ3v) is 2.15. The van der Waals surface area contributed by atoms with Crippen molar-refractivity contribution in [1.29, 1.82) is 0 Å². The van der Waals surface area contributed by atoms with E-state index in [0.29, 0.717) is 0 Å². The lowest BCUT2D eigenvalue weighted by Crippen LogP contribution is -2.47. The highest BCUT2D eigenvalue weighted by Crippen LogP contribution is 2.01. The zero-order valence-electron chi connectivity index (χ0n) is 9.69. The largest absolute Gasteiger partial charge is 0.480 e. The van der Waals surface area contributed by atoms with Crippen LogP contribution in [0.5, 0.6) is 0 Å². The molecule has 0 aromatic carbocycles. The van der Waals surface area contributed by atoms with Gasteiger partial charge in [-0.2, -0.15) is 0 Å². The van der Waals surface area contributed by atoms with Gasteiger partial charge in [0.05, 0.1) is 6.04 Å². The molecule has 92 valence electrons. The van der Waals surface area contributed by atoms with Gasteiger partial charge in [0, 0.05) is 12.3 Å². The SMILES string of the molecule is CC(=O)C(N)CC(NC(=O)C(C)C)C(=O)O. The van der Waals surface area contributed by atoms with Crippen molar-refractivity contribution in [2.75, 3.05) is 0 Å². The molecule has 0 aliphatic carbocycles. The molecule has 4 N–H and O–H groups in total. The first-order valence-corrected chi connectivity index (χ1v) is 5.05. The highest BCUT2D eigenvalue weighted by molar-refractivity contribution is 5.86. The summed E-state index contributed by atoms with van der Waals surface area (Å²) in [5, 5.41) is 11.2. The van der Waals surface area contributed by atoms with Gasteiger partial charge in [-0.3, -0.25) is 9.59 Å². The third kappa shape index (κ3) is 4.88. The molecule has 0 aliphatic rings. The predicted molar refractivity (Wildman–Crippen MR) is 57.7 cm³/mol. The molecule has 0 aliphatic heterocycles. The van der Waals surface area contributed by atoms with E-state index in [1.807, 2.05) is 0 Å². The number of carbonyl (C=O) groups is 3. The maximum atomic E-state index is 11.3. The van der Waals surface area contributed by atoms with Crippen LogP contribution >= 0.6 is 0 Å². The molecule has 0 aromatic heterocycles. The van der Waals surface area contributed by atoms with Crippen LogP contribution in [0.4, 0.5) is 0 Å². The van der Waals surface area contributed by atoms with Crippen LogP contribution in [-0.4, -0.2) is 34.8 Å². The Morgan fingerprint density at radius 2 is 1.81 bits per heavy atom. The molecular weight excluding hydrogens is 212 g/mol. The number of ketones is 1. The summed E-state index contributed by atoms with van der Waals surface area (Å²) >= 11 is 0. The highest BCUT2D eigenvalue weighted by atomic mass is 16.4. The molecule has 6 nitrogen and oxygen atoms in total. The van der Waals surface area contributed by atoms with Gasteiger partial charge in [0.15, 0.2) is 0 Å². The summed E-state index contributed by atoms with van der Waals surface area (Å²) in [7, 11) is 0. The van der Waals surface area contributed by atoms with Crippen molar-refractivity contribution in [3.05, 3.63) is 0 Å². The number of nitrogens with one attached hydrogen (secondary N) is 1. The minimum Gasteiger partial charge on any atom is -0.480 e. The van der Waals surface area contributed by atoms with Crippen LogP contribution < -0.4 is 11.1 Å². The second-order valence-electron chi connectivity index (χ2n) is 4.01. The normalized spacial score (nSPS) is 14.3. The van der Waals surface area contributed by atoms with E-state index < -0.39 is 18.1 Å². The fraction of sp³-hybridized carbons (Fsp3) is 0.700. The average Bonchev–Trinajstić information content (AvgIpc) is 2.15. The number of carboxylic acid groups (broad SMARTS) is 1. The number of aliphatic carboxylic acids is 1. The number of hydrogen-bond donors (Lipinski definition) is 3. The van der Waals surface area contributed by atoms with Crippen molar-refractivity contribution in [2.45, 2.75) is 39.3 Å². The molecule has 0 radical (unpaired) electrons. The van der Waals surface area contributed by atoms with Gasteiger partial charge in [0.2, 0.25) is 5.91 Å². The van der Waals surface area contributed by atoms with E-state index in [1.54, 1.807) is 13.8 Å². The Hall–Kier alpha value is -1.43. The Kier molecular flexibility index (Phi) is 5.66. The standard InChI is InChI=1S/C10H18N2O4/c1-5(2)9(14)12-8(10(15)16)4-7(11)6(3)13/h5,7-8H,4,11H2,1-3H3,(H,12,14)(H,15,16). The summed E-state index contributed by atoms with van der Waals surface area (Å²) in [4.78, 5) is 33.0. The van der Waals surface area contributed by atoms with Gasteiger partial charge in [0.25, 0.3) is 0 Å². The summed E-state index contributed by atoms with van der Waals surface area (Å²) < 4.78 is 0. The molecule has 0 bridgehead atoms. The Balaban J connectivity index is 4.46. The molecule has 0 spiro atoms. The summed E-state index contributed by atoms with van der Waals surface area (Å²) in [6.07, 6.45) is -0.0941. The van der Waals surface area contributed by atoms with Crippen LogP contribution in [0.1, 0.15) is 27.2 Å². The van der Waals surface area contributed by atoms with Gasteiger partial charge in [-0.15, -0.1) is 0 Å². The van der Waals surface area contributed by atoms with Crippen molar-refractivity contribution in [2.24, 2.45) is 11.7 Å². The van der Waals surface area contributed by atoms with Crippen LogP contribution in [0.2, 0.25) is 0 Å². The van der Waals surface area contributed by atoms with Crippen LogP contribution in [0.3, 0.4) is 0 Å². The zero-order valence-corrected chi connectivity index (χ0v) is 9.69. The van der Waals surface area contributed by atoms with Gasteiger partial charge >= 0.3 is 5.97 Å². The third-order valence-electron chi connectivity index (χ3n) is 2.15. The number of nitrogens with two attached hydrogens (primary N) is 1. The second kappa shape index (κ2) is 6.22. The van der Waals surface area contributed by atoms with Crippen LogP contribution in [-0.2, 0) is 14.4 Å². The van der Waals surface area contributed by atoms with E-state index >= 15 is 0 Å². The minimum atomic E-state index is -1.19. The molecule has 0 heterocycles. The van der Waals surface area contributed by atoms with Gasteiger partial charge in [-0.1, -0.05) is 13.8 Å². The molecular formula is C10H18N2O4. The predicted octanol–water partition coefficient (Wildman–Crippen LogP) is -0.482. The molecule has 2 unspecified atom stereocenters. The van der Waals surface area contributed by atoms with Crippen molar-refractivity contribution in [1.82, 2.24) is 5.32 Å². The topological polar surface area (TPSA) is 109 Å². The van der Waals surface area contributed by atoms with E-state index in [-0.39, 0.29) is 24.0 Å². The summed E-state index contributed by atoms with van der Waals surface area (Å²) in [5.41, 5.74) is 5.44. The molecule has 16 heavy (non-hydrogen) atoms. The molecule has 0 fully saturated rings. The monoisotopic (exact) mass is 230 g/mol. The van der Waals surface area contributed by atoms with Gasteiger partial charge < -0.3 is 16.2 Å². The lowest BCUT2D eigenvalue weighted by Gasteiger charge is -2.18. The molecule has 0 aromatic rings. The number of carboxylic acids is 1. The van der Waals surface area contributed by atoms with Crippen LogP contribution in [0, 0.1) is 5.92 Å². The average molecular weight is 230 g/mol. The number of carbonyl (C=O) groups excluding carboxylic acids is 2. The Labute approximate surface area is 94.2 Å². The van der Waals surface area contributed by atoms with E-state index in [4.69, 9.17) is 10.8 Å². The van der Waals surface area contributed by atoms with E-state index in [9.17, 15) is 14.4 Å². The Bertz CT molecular complexity index is 289. The molecule has 2 atom stereocenters. The van der Waals surface area contributed by atoms with Crippen molar-refractivity contribution < 1.29 is 19.5 Å². The van der Waals surface area contributed by atoms with Crippen molar-refractivity contribution in [3.63, 3.8) is 0 Å². The molecule has 0 rings (SSSR count). The number of hydrogen-bond acceptors (Lipinski definition) is 4. The summed E-state index contributed by atoms with van der Waals surface area (Å²) in [6, 6.07) is -1.98. The quantitative estimate of drug-likeness (QED) is 0.571. The second-order valence-corrected chi connectivity index (χ2v) is 4.01. The number of amides is 1. The summed E-state index contributed by atoms with van der Waals surface area (Å²) in [5.74, 6) is -2.17. The fourth-order valence-electron chi connectivity index (χ4n) is 0.980. The lowest BCUT2D eigenvalue weighted by atomic mass is 10.0. The van der Waals surface area contributed by atoms with Gasteiger partial charge in [-0.05, 0) is 6.92 Å². The van der Waals surface area contributed by atoms with Gasteiger partial charge in [0.1, 0.15) is 11.8 Å². The Morgan fingerprint density at radius 3 is 2.12 bits per heavy atom. The Morgan fingerprint density at radius 1 is 1.31 bits per heavy atom. The van der Waals surface area contributed by atoms with Crippen LogP contribution in [0.25, 0.3) is 0 Å². The zero-order chi connectivity index (χ0) is 12.9. The van der Waals surface area contributed by atoms with E-state index in [0.717, 1.165) is 0 Å².